The van der Waals surface area contributed by atoms with E-state index in [1.165, 1.54) is 0 Å². The second-order valence-corrected chi connectivity index (χ2v) is 4.64. The second-order valence-electron chi connectivity index (χ2n) is 4.64. The molecule has 0 radical (unpaired) electrons. The van der Waals surface area contributed by atoms with E-state index in [1.54, 1.807) is 25.6 Å². The summed E-state index contributed by atoms with van der Waals surface area (Å²) in [7, 11) is 1.59. The molecule has 108 valence electrons. The Labute approximate surface area is 128 Å². The molecule has 0 bridgehead atoms. The molecule has 0 fully saturated rings. The van der Waals surface area contributed by atoms with Crippen LogP contribution in [0.25, 0.3) is 22.6 Å². The average Bonchev–Trinajstić information content (AvgIpc) is 2.62. The number of amides is 1. The average molecular weight is 290 g/mol. The quantitative estimate of drug-likeness (QED) is 0.805. The van der Waals surface area contributed by atoms with Crippen LogP contribution in [-0.4, -0.2) is 27.9 Å². The summed E-state index contributed by atoms with van der Waals surface area (Å²) in [6.45, 7) is 0. The number of pyridine rings is 1. The molecule has 0 spiro atoms. The van der Waals surface area contributed by atoms with Crippen molar-refractivity contribution in [1.29, 1.82) is 0 Å². The molecule has 22 heavy (non-hydrogen) atoms. The van der Waals surface area contributed by atoms with Crippen molar-refractivity contribution in [1.82, 2.24) is 20.3 Å². The summed E-state index contributed by atoms with van der Waals surface area (Å²) < 4.78 is 0. The maximum absolute atomic E-state index is 12.1. The van der Waals surface area contributed by atoms with Crippen LogP contribution in [-0.2, 0) is 0 Å². The summed E-state index contributed by atoms with van der Waals surface area (Å²) in [4.78, 5) is 25.0. The van der Waals surface area contributed by atoms with E-state index in [4.69, 9.17) is 0 Å². The largest absolute Gasteiger partial charge is 0.355 e. The molecule has 0 saturated carbocycles. The molecule has 0 saturated heterocycles. The Morgan fingerprint density at radius 3 is 2.45 bits per heavy atom. The van der Waals surface area contributed by atoms with Gasteiger partial charge in [0.1, 0.15) is 0 Å². The highest BCUT2D eigenvalue weighted by Gasteiger charge is 2.15. The SMILES string of the molecule is CNC(=O)c1cnc(-c2cccnc2)nc1-c1ccccc1. The van der Waals surface area contributed by atoms with Gasteiger partial charge in [0.15, 0.2) is 5.82 Å². The number of hydrogen-bond donors (Lipinski definition) is 1. The van der Waals surface area contributed by atoms with Crippen molar-refractivity contribution in [3.63, 3.8) is 0 Å². The third kappa shape index (κ3) is 2.69. The molecule has 0 aliphatic rings. The lowest BCUT2D eigenvalue weighted by Crippen LogP contribution is -2.19. The third-order valence-corrected chi connectivity index (χ3v) is 3.23. The molecule has 5 heteroatoms. The van der Waals surface area contributed by atoms with Crippen LogP contribution in [0.1, 0.15) is 10.4 Å². The van der Waals surface area contributed by atoms with Crippen molar-refractivity contribution in [2.75, 3.05) is 7.05 Å². The summed E-state index contributed by atoms with van der Waals surface area (Å²) in [6.07, 6.45) is 4.95. The zero-order valence-corrected chi connectivity index (χ0v) is 12.0. The van der Waals surface area contributed by atoms with E-state index in [-0.39, 0.29) is 5.91 Å². The molecular weight excluding hydrogens is 276 g/mol. The lowest BCUT2D eigenvalue weighted by Gasteiger charge is -2.09. The highest BCUT2D eigenvalue weighted by Crippen LogP contribution is 2.24. The first-order valence-corrected chi connectivity index (χ1v) is 6.84. The van der Waals surface area contributed by atoms with Crippen molar-refractivity contribution < 1.29 is 4.79 Å². The Hall–Kier alpha value is -3.08. The first-order valence-electron chi connectivity index (χ1n) is 6.84. The molecule has 5 nitrogen and oxygen atoms in total. The minimum absolute atomic E-state index is 0.211. The van der Waals surface area contributed by atoms with Gasteiger partial charge in [0.2, 0.25) is 0 Å². The number of hydrogen-bond acceptors (Lipinski definition) is 4. The van der Waals surface area contributed by atoms with E-state index in [0.717, 1.165) is 11.1 Å². The zero-order chi connectivity index (χ0) is 15.4. The molecule has 0 aliphatic heterocycles. The fourth-order valence-electron chi connectivity index (χ4n) is 2.13. The monoisotopic (exact) mass is 290 g/mol. The minimum Gasteiger partial charge on any atom is -0.355 e. The van der Waals surface area contributed by atoms with E-state index in [9.17, 15) is 4.79 Å². The molecule has 1 aromatic carbocycles. The Bertz CT molecular complexity index is 788. The van der Waals surface area contributed by atoms with Crippen LogP contribution in [0.2, 0.25) is 0 Å². The molecule has 0 atom stereocenters. The number of nitrogens with one attached hydrogen (secondary N) is 1. The number of carbonyl (C=O) groups is 1. The maximum atomic E-state index is 12.1. The highest BCUT2D eigenvalue weighted by molar-refractivity contribution is 5.99. The van der Waals surface area contributed by atoms with Crippen molar-refractivity contribution in [3.05, 3.63) is 66.6 Å². The van der Waals surface area contributed by atoms with Crippen LogP contribution in [0, 0.1) is 0 Å². The normalized spacial score (nSPS) is 10.2. The van der Waals surface area contributed by atoms with Gasteiger partial charge < -0.3 is 5.32 Å². The van der Waals surface area contributed by atoms with Crippen LogP contribution in [0.15, 0.2) is 61.1 Å². The van der Waals surface area contributed by atoms with Gasteiger partial charge in [-0.1, -0.05) is 30.3 Å². The molecular formula is C17H14N4O. The standard InChI is InChI=1S/C17H14N4O/c1-18-17(22)14-11-20-16(13-8-5-9-19-10-13)21-15(14)12-6-3-2-4-7-12/h2-11H,1H3,(H,18,22). The highest BCUT2D eigenvalue weighted by atomic mass is 16.1. The van der Waals surface area contributed by atoms with E-state index in [0.29, 0.717) is 17.1 Å². The van der Waals surface area contributed by atoms with Gasteiger partial charge in [0, 0.05) is 36.8 Å². The Morgan fingerprint density at radius 1 is 1.00 bits per heavy atom. The first kappa shape index (κ1) is 13.9. The van der Waals surface area contributed by atoms with Crippen molar-refractivity contribution in [3.8, 4) is 22.6 Å². The summed E-state index contributed by atoms with van der Waals surface area (Å²) in [5.74, 6) is 0.330. The predicted molar refractivity (Wildman–Crippen MR) is 84.1 cm³/mol. The fraction of sp³-hybridized carbons (Fsp3) is 0.0588. The van der Waals surface area contributed by atoms with Crippen LogP contribution in [0.5, 0.6) is 0 Å². The molecule has 3 rings (SSSR count). The van der Waals surface area contributed by atoms with Gasteiger partial charge in [-0.3, -0.25) is 9.78 Å². The van der Waals surface area contributed by atoms with Gasteiger partial charge in [-0.05, 0) is 12.1 Å². The van der Waals surface area contributed by atoms with Crippen LogP contribution >= 0.6 is 0 Å². The van der Waals surface area contributed by atoms with Crippen LogP contribution in [0.4, 0.5) is 0 Å². The lowest BCUT2D eigenvalue weighted by atomic mass is 10.1. The molecule has 3 aromatic rings. The number of nitrogens with zero attached hydrogens (tertiary/aromatic N) is 3. The zero-order valence-electron chi connectivity index (χ0n) is 12.0. The van der Waals surface area contributed by atoms with Crippen molar-refractivity contribution >= 4 is 5.91 Å². The van der Waals surface area contributed by atoms with Gasteiger partial charge >= 0.3 is 0 Å². The topological polar surface area (TPSA) is 67.8 Å². The van der Waals surface area contributed by atoms with Crippen LogP contribution < -0.4 is 5.32 Å². The predicted octanol–water partition coefficient (Wildman–Crippen LogP) is 2.57. The van der Waals surface area contributed by atoms with Gasteiger partial charge in [0.25, 0.3) is 5.91 Å². The number of aromatic nitrogens is 3. The van der Waals surface area contributed by atoms with Gasteiger partial charge in [-0.15, -0.1) is 0 Å². The number of carbonyl (C=O) groups excluding carboxylic acids is 1. The van der Waals surface area contributed by atoms with E-state index in [2.05, 4.69) is 20.3 Å². The molecule has 1 amide bonds. The second kappa shape index (κ2) is 6.13. The van der Waals surface area contributed by atoms with E-state index < -0.39 is 0 Å². The van der Waals surface area contributed by atoms with E-state index >= 15 is 0 Å². The lowest BCUT2D eigenvalue weighted by molar-refractivity contribution is 0.0963. The fourth-order valence-corrected chi connectivity index (χ4v) is 2.13. The summed E-state index contributed by atoms with van der Waals surface area (Å²) in [6, 6.07) is 13.3. The molecule has 1 N–H and O–H groups in total. The van der Waals surface area contributed by atoms with Crippen molar-refractivity contribution in [2.45, 2.75) is 0 Å². The summed E-state index contributed by atoms with van der Waals surface area (Å²) >= 11 is 0. The molecule has 0 aliphatic carbocycles. The third-order valence-electron chi connectivity index (χ3n) is 3.23. The van der Waals surface area contributed by atoms with Gasteiger partial charge in [-0.2, -0.15) is 0 Å². The minimum atomic E-state index is -0.211. The van der Waals surface area contributed by atoms with Gasteiger partial charge in [-0.25, -0.2) is 9.97 Å². The van der Waals surface area contributed by atoms with E-state index in [1.807, 2.05) is 42.5 Å². The Balaban J connectivity index is 2.17. The summed E-state index contributed by atoms with van der Waals surface area (Å²) in [5, 5.41) is 2.62. The first-order chi connectivity index (χ1) is 10.8. The Morgan fingerprint density at radius 2 is 1.77 bits per heavy atom. The maximum Gasteiger partial charge on any atom is 0.254 e. The number of benzene rings is 1. The number of rotatable bonds is 3. The molecule has 0 unspecified atom stereocenters. The summed E-state index contributed by atoms with van der Waals surface area (Å²) in [5.41, 5.74) is 2.73. The smallest absolute Gasteiger partial charge is 0.254 e. The van der Waals surface area contributed by atoms with Crippen molar-refractivity contribution in [2.24, 2.45) is 0 Å². The molecule has 2 heterocycles. The van der Waals surface area contributed by atoms with Crippen LogP contribution in [0.3, 0.4) is 0 Å². The van der Waals surface area contributed by atoms with Gasteiger partial charge in [0.05, 0.1) is 11.3 Å². The Kier molecular flexibility index (Phi) is 3.87. The molecule has 2 aromatic heterocycles.